The smallest absolute Gasteiger partial charge is 0.338 e. The summed E-state index contributed by atoms with van der Waals surface area (Å²) in [7, 11) is 0. The minimum Gasteiger partial charge on any atom is -0.462 e. The molecule has 8 nitrogen and oxygen atoms in total. The zero-order valence-electron chi connectivity index (χ0n) is 17.0. The molecule has 3 fully saturated rings. The second-order valence-electron chi connectivity index (χ2n) is 8.26. The monoisotopic (exact) mass is 436 g/mol. The van der Waals surface area contributed by atoms with Crippen LogP contribution in [0.5, 0.6) is 0 Å². The normalized spacial score (nSPS) is 30.0. The molecule has 2 aromatic carbocycles. The van der Waals surface area contributed by atoms with Crippen molar-refractivity contribution in [1.82, 2.24) is 0 Å². The molecule has 32 heavy (non-hydrogen) atoms. The lowest BCUT2D eigenvalue weighted by Gasteiger charge is -2.31. The van der Waals surface area contributed by atoms with Gasteiger partial charge in [0.2, 0.25) is 0 Å². The van der Waals surface area contributed by atoms with Gasteiger partial charge in [-0.2, -0.15) is 0 Å². The number of esters is 4. The Kier molecular flexibility index (Phi) is 5.01. The summed E-state index contributed by atoms with van der Waals surface area (Å²) < 4.78 is 21.9. The number of carbonyl (C=O) groups excluding carboxylic acids is 4. The molecule has 0 amide bonds. The zero-order valence-corrected chi connectivity index (χ0v) is 17.0. The minimum atomic E-state index is -1.19. The predicted molar refractivity (Wildman–Crippen MR) is 107 cm³/mol. The maximum absolute atomic E-state index is 12.4. The van der Waals surface area contributed by atoms with E-state index in [-0.39, 0.29) is 19.1 Å². The van der Waals surface area contributed by atoms with E-state index in [1.54, 1.807) is 60.7 Å². The van der Waals surface area contributed by atoms with Crippen LogP contribution in [0.15, 0.2) is 60.7 Å². The number of carbonyl (C=O) groups is 4. The van der Waals surface area contributed by atoms with Gasteiger partial charge in [0.25, 0.3) is 0 Å². The number of fused-ring (bicyclic) bond motifs is 5. The van der Waals surface area contributed by atoms with Gasteiger partial charge in [0.1, 0.15) is 24.0 Å². The van der Waals surface area contributed by atoms with Crippen molar-refractivity contribution in [2.45, 2.75) is 18.1 Å². The summed E-state index contributed by atoms with van der Waals surface area (Å²) >= 11 is 0. The fourth-order valence-corrected chi connectivity index (χ4v) is 4.94. The van der Waals surface area contributed by atoms with Crippen molar-refractivity contribution < 1.29 is 38.1 Å². The van der Waals surface area contributed by atoms with E-state index in [4.69, 9.17) is 18.9 Å². The van der Waals surface area contributed by atoms with Crippen LogP contribution in [-0.2, 0) is 28.5 Å². The molecule has 0 aliphatic carbocycles. The third kappa shape index (κ3) is 3.36. The van der Waals surface area contributed by atoms with E-state index in [2.05, 4.69) is 0 Å². The highest BCUT2D eigenvalue weighted by molar-refractivity contribution is 5.98. The minimum absolute atomic E-state index is 0.0114. The number of cyclic esters (lactones) is 2. The van der Waals surface area contributed by atoms with Gasteiger partial charge in [-0.05, 0) is 30.7 Å². The largest absolute Gasteiger partial charge is 0.462 e. The molecule has 3 aliphatic heterocycles. The van der Waals surface area contributed by atoms with Crippen LogP contribution < -0.4 is 0 Å². The van der Waals surface area contributed by atoms with E-state index in [1.807, 2.05) is 0 Å². The highest BCUT2D eigenvalue weighted by Crippen LogP contribution is 2.57. The molecule has 0 N–H and O–H groups in total. The first-order valence-corrected chi connectivity index (χ1v) is 10.4. The third-order valence-corrected chi connectivity index (χ3v) is 6.35. The van der Waals surface area contributed by atoms with Crippen molar-refractivity contribution in [2.75, 3.05) is 13.2 Å². The molecule has 0 aromatic heterocycles. The Hall–Kier alpha value is -3.52. The number of hydrogen-bond donors (Lipinski definition) is 0. The van der Waals surface area contributed by atoms with Gasteiger partial charge in [-0.15, -0.1) is 0 Å². The van der Waals surface area contributed by atoms with E-state index in [0.717, 1.165) is 0 Å². The van der Waals surface area contributed by atoms with Crippen LogP contribution in [0.1, 0.15) is 27.1 Å². The molecule has 3 heterocycles. The van der Waals surface area contributed by atoms with Crippen molar-refractivity contribution in [2.24, 2.45) is 17.8 Å². The Bertz CT molecular complexity index is 1070. The maximum Gasteiger partial charge on any atom is 0.338 e. The topological polar surface area (TPSA) is 105 Å². The Morgan fingerprint density at radius 1 is 0.875 bits per heavy atom. The van der Waals surface area contributed by atoms with Crippen LogP contribution in [0.3, 0.4) is 0 Å². The number of rotatable bonds is 6. The molecule has 1 unspecified atom stereocenters. The van der Waals surface area contributed by atoms with E-state index < -0.39 is 47.4 Å². The van der Waals surface area contributed by atoms with Crippen LogP contribution in [0, 0.1) is 17.8 Å². The van der Waals surface area contributed by atoms with Gasteiger partial charge >= 0.3 is 23.9 Å². The van der Waals surface area contributed by atoms with Crippen molar-refractivity contribution in [3.63, 3.8) is 0 Å². The van der Waals surface area contributed by atoms with Gasteiger partial charge < -0.3 is 18.9 Å². The summed E-state index contributed by atoms with van der Waals surface area (Å²) in [4.78, 5) is 49.5. The lowest BCUT2D eigenvalue weighted by molar-refractivity contribution is -0.160. The Labute approximate surface area is 183 Å². The number of ether oxygens (including phenoxy) is 4. The van der Waals surface area contributed by atoms with E-state index in [9.17, 15) is 19.2 Å². The van der Waals surface area contributed by atoms with E-state index >= 15 is 0 Å². The van der Waals surface area contributed by atoms with Gasteiger partial charge in [0, 0.05) is 5.92 Å². The molecule has 3 aliphatic rings. The highest BCUT2D eigenvalue weighted by Gasteiger charge is 2.72. The quantitative estimate of drug-likeness (QED) is 0.385. The van der Waals surface area contributed by atoms with Gasteiger partial charge in [-0.3, -0.25) is 9.59 Å². The zero-order chi connectivity index (χ0) is 22.3. The van der Waals surface area contributed by atoms with Crippen molar-refractivity contribution in [3.8, 4) is 0 Å². The summed E-state index contributed by atoms with van der Waals surface area (Å²) in [6, 6.07) is 17.0. The Balaban J connectivity index is 1.31. The summed E-state index contributed by atoms with van der Waals surface area (Å²) in [5.41, 5.74) is -0.407. The Morgan fingerprint density at radius 2 is 1.47 bits per heavy atom. The van der Waals surface area contributed by atoms with Gasteiger partial charge in [0.15, 0.2) is 0 Å². The summed E-state index contributed by atoms with van der Waals surface area (Å²) in [6.07, 6.45) is -0.358. The van der Waals surface area contributed by atoms with E-state index in [1.165, 1.54) is 0 Å². The summed E-state index contributed by atoms with van der Waals surface area (Å²) in [6.45, 7) is -0.193. The molecule has 3 saturated heterocycles. The molecular formula is C24H20O8. The molecule has 5 rings (SSSR count). The lowest BCUT2D eigenvalue weighted by atomic mass is 9.69. The third-order valence-electron chi connectivity index (χ3n) is 6.35. The fourth-order valence-electron chi connectivity index (χ4n) is 4.94. The fraction of sp³-hybridized carbons (Fsp3) is 0.333. The predicted octanol–water partition coefficient (Wildman–Crippen LogP) is 2.17. The average Bonchev–Trinajstić information content (AvgIpc) is 3.46. The molecule has 164 valence electrons. The first-order valence-electron chi connectivity index (χ1n) is 10.4. The molecule has 5 atom stereocenters. The molecule has 2 bridgehead atoms. The van der Waals surface area contributed by atoms with Crippen LogP contribution >= 0.6 is 0 Å². The Morgan fingerprint density at radius 3 is 2.09 bits per heavy atom. The summed E-state index contributed by atoms with van der Waals surface area (Å²) in [5, 5.41) is 0. The van der Waals surface area contributed by atoms with Gasteiger partial charge in [-0.1, -0.05) is 36.4 Å². The molecule has 0 radical (unpaired) electrons. The molecular weight excluding hydrogens is 416 g/mol. The first-order chi connectivity index (χ1) is 15.5. The molecule has 8 heteroatoms. The van der Waals surface area contributed by atoms with Gasteiger partial charge in [0.05, 0.1) is 23.8 Å². The van der Waals surface area contributed by atoms with Gasteiger partial charge in [-0.25, -0.2) is 9.59 Å². The van der Waals surface area contributed by atoms with Crippen LogP contribution in [0.25, 0.3) is 0 Å². The van der Waals surface area contributed by atoms with E-state index in [0.29, 0.717) is 17.5 Å². The first kappa shape index (κ1) is 20.4. The standard InChI is InChI=1S/C24H20O8/c25-20(14-7-3-1-4-8-14)29-12-16-11-24(13-30-21(26)15-9-5-2-6-10-15)18-17(19(16)32-24)22(27)31-23(18)28/h1-10,16-19H,11-13H2/t16-,17+,18+,19?,24+/m1/s1. The van der Waals surface area contributed by atoms with Crippen LogP contribution in [0.4, 0.5) is 0 Å². The molecule has 0 spiro atoms. The van der Waals surface area contributed by atoms with Crippen molar-refractivity contribution >= 4 is 23.9 Å². The van der Waals surface area contributed by atoms with Crippen LogP contribution in [0.2, 0.25) is 0 Å². The molecule has 0 saturated carbocycles. The number of hydrogen-bond acceptors (Lipinski definition) is 8. The lowest BCUT2D eigenvalue weighted by Crippen LogP contribution is -2.47. The molecule has 2 aromatic rings. The van der Waals surface area contributed by atoms with Crippen LogP contribution in [-0.4, -0.2) is 48.8 Å². The number of benzene rings is 2. The highest BCUT2D eigenvalue weighted by atomic mass is 16.6. The van der Waals surface area contributed by atoms with Crippen molar-refractivity contribution in [3.05, 3.63) is 71.8 Å². The second kappa shape index (κ2) is 7.87. The SMILES string of the molecule is O=C(OC[C@H]1C[C@@]2(COC(=O)c3ccccc3)OC1[C@H]1C(=O)OC(=O)[C@H]12)c1ccccc1. The average molecular weight is 436 g/mol. The summed E-state index contributed by atoms with van der Waals surface area (Å²) in [5.74, 6) is -4.34. The second-order valence-corrected chi connectivity index (χ2v) is 8.26. The maximum atomic E-state index is 12.4. The van der Waals surface area contributed by atoms with Crippen molar-refractivity contribution in [1.29, 1.82) is 0 Å².